The van der Waals surface area contributed by atoms with Crippen LogP contribution in [0.1, 0.15) is 27.2 Å². The first-order chi connectivity index (χ1) is 7.38. The molecule has 1 aromatic heterocycles. The van der Waals surface area contributed by atoms with Gasteiger partial charge in [-0.2, -0.15) is 8.42 Å². The second-order valence-electron chi connectivity index (χ2n) is 3.96. The molecule has 0 saturated heterocycles. The molecule has 1 rings (SSSR count). The normalized spacial score (nSPS) is 16.0. The van der Waals surface area contributed by atoms with Crippen molar-refractivity contribution in [3.05, 3.63) is 12.4 Å². The molecule has 0 bridgehead atoms. The standard InChI is InChI=1S/C10H18N2O3S/c1-5-8(2)9(3)15-16(13,14)10-11-6-7-12(10)4/h6-9H,5H2,1-4H3. The summed E-state index contributed by atoms with van der Waals surface area (Å²) in [6.45, 7) is 5.71. The van der Waals surface area contributed by atoms with Crippen LogP contribution in [-0.2, 0) is 21.3 Å². The number of rotatable bonds is 5. The van der Waals surface area contributed by atoms with Crippen LogP contribution in [0.2, 0.25) is 0 Å². The molecule has 2 atom stereocenters. The Kier molecular flexibility index (Phi) is 4.09. The summed E-state index contributed by atoms with van der Waals surface area (Å²) in [6, 6.07) is 0. The molecule has 6 heteroatoms. The van der Waals surface area contributed by atoms with Crippen molar-refractivity contribution in [2.75, 3.05) is 0 Å². The van der Waals surface area contributed by atoms with E-state index in [0.29, 0.717) is 0 Å². The Bertz CT molecular complexity index is 439. The van der Waals surface area contributed by atoms with Gasteiger partial charge in [-0.15, -0.1) is 0 Å². The van der Waals surface area contributed by atoms with Gasteiger partial charge in [0.15, 0.2) is 0 Å². The summed E-state index contributed by atoms with van der Waals surface area (Å²) in [5.41, 5.74) is 0. The zero-order valence-electron chi connectivity index (χ0n) is 10.0. The van der Waals surface area contributed by atoms with Crippen molar-refractivity contribution in [2.45, 2.75) is 38.5 Å². The molecule has 0 amide bonds. The van der Waals surface area contributed by atoms with Crippen LogP contribution in [0.4, 0.5) is 0 Å². The number of hydrogen-bond acceptors (Lipinski definition) is 4. The minimum atomic E-state index is -3.75. The maximum Gasteiger partial charge on any atom is 0.331 e. The lowest BCUT2D eigenvalue weighted by Crippen LogP contribution is -2.23. The number of imidazole rings is 1. The molecule has 2 unspecified atom stereocenters. The molecule has 0 radical (unpaired) electrons. The Morgan fingerprint density at radius 3 is 2.56 bits per heavy atom. The lowest BCUT2D eigenvalue weighted by Gasteiger charge is -2.18. The van der Waals surface area contributed by atoms with Gasteiger partial charge in [-0.25, -0.2) is 4.98 Å². The van der Waals surface area contributed by atoms with E-state index in [-0.39, 0.29) is 17.2 Å². The van der Waals surface area contributed by atoms with Gasteiger partial charge in [-0.1, -0.05) is 20.3 Å². The second-order valence-corrected chi connectivity index (χ2v) is 5.43. The largest absolute Gasteiger partial charge is 0.331 e. The molecule has 0 aliphatic carbocycles. The van der Waals surface area contributed by atoms with E-state index in [0.717, 1.165) is 6.42 Å². The van der Waals surface area contributed by atoms with Crippen LogP contribution in [0.25, 0.3) is 0 Å². The Balaban J connectivity index is 2.85. The first kappa shape index (κ1) is 13.2. The minimum Gasteiger partial charge on any atom is -0.323 e. The van der Waals surface area contributed by atoms with Crippen molar-refractivity contribution < 1.29 is 12.6 Å². The second kappa shape index (κ2) is 4.97. The van der Waals surface area contributed by atoms with Gasteiger partial charge in [-0.3, -0.25) is 4.18 Å². The number of aromatic nitrogens is 2. The maximum absolute atomic E-state index is 11.8. The third-order valence-corrected chi connectivity index (χ3v) is 4.12. The fourth-order valence-electron chi connectivity index (χ4n) is 1.26. The van der Waals surface area contributed by atoms with Crippen LogP contribution in [0.3, 0.4) is 0 Å². The van der Waals surface area contributed by atoms with Crippen molar-refractivity contribution >= 4 is 10.1 Å². The zero-order valence-corrected chi connectivity index (χ0v) is 10.9. The van der Waals surface area contributed by atoms with Crippen LogP contribution < -0.4 is 0 Å². The monoisotopic (exact) mass is 246 g/mol. The summed E-state index contributed by atoms with van der Waals surface area (Å²) >= 11 is 0. The van der Waals surface area contributed by atoms with Gasteiger partial charge < -0.3 is 4.57 Å². The third kappa shape index (κ3) is 2.82. The molecular formula is C10H18N2O3S. The highest BCUT2D eigenvalue weighted by molar-refractivity contribution is 7.86. The van der Waals surface area contributed by atoms with Crippen LogP contribution in [-0.4, -0.2) is 24.1 Å². The summed E-state index contributed by atoms with van der Waals surface area (Å²) < 4.78 is 30.2. The van der Waals surface area contributed by atoms with Crippen molar-refractivity contribution in [1.29, 1.82) is 0 Å². The fraction of sp³-hybridized carbons (Fsp3) is 0.700. The highest BCUT2D eigenvalue weighted by Crippen LogP contribution is 2.17. The SMILES string of the molecule is CCC(C)C(C)OS(=O)(=O)c1nccn1C. The van der Waals surface area contributed by atoms with E-state index in [1.165, 1.54) is 10.8 Å². The lowest BCUT2D eigenvalue weighted by atomic mass is 10.0. The first-order valence-electron chi connectivity index (χ1n) is 5.29. The Hall–Kier alpha value is -0.880. The molecule has 5 nitrogen and oxygen atoms in total. The number of hydrogen-bond donors (Lipinski definition) is 0. The first-order valence-corrected chi connectivity index (χ1v) is 6.70. The fourth-order valence-corrected chi connectivity index (χ4v) is 2.54. The Morgan fingerprint density at radius 1 is 1.50 bits per heavy atom. The van der Waals surface area contributed by atoms with Gasteiger partial charge in [0.25, 0.3) is 5.16 Å². The summed E-state index contributed by atoms with van der Waals surface area (Å²) in [5.74, 6) is 0.190. The molecule has 1 aromatic rings. The molecule has 0 saturated carbocycles. The summed E-state index contributed by atoms with van der Waals surface area (Å²) in [5, 5.41) is -0.0531. The zero-order chi connectivity index (χ0) is 12.3. The van der Waals surface area contributed by atoms with Gasteiger partial charge in [0.1, 0.15) is 0 Å². The van der Waals surface area contributed by atoms with Crippen LogP contribution in [0.15, 0.2) is 17.6 Å². The van der Waals surface area contributed by atoms with Gasteiger partial charge in [0, 0.05) is 19.4 Å². The average Bonchev–Trinajstić information content (AvgIpc) is 2.63. The van der Waals surface area contributed by atoms with Crippen LogP contribution >= 0.6 is 0 Å². The van der Waals surface area contributed by atoms with Gasteiger partial charge in [0.2, 0.25) is 0 Å². The van der Waals surface area contributed by atoms with E-state index < -0.39 is 10.1 Å². The molecule has 92 valence electrons. The highest BCUT2D eigenvalue weighted by Gasteiger charge is 2.25. The van der Waals surface area contributed by atoms with E-state index in [1.807, 2.05) is 13.8 Å². The van der Waals surface area contributed by atoms with Gasteiger partial charge in [-0.05, 0) is 12.8 Å². The molecular weight excluding hydrogens is 228 g/mol. The minimum absolute atomic E-state index is 0.0531. The van der Waals surface area contributed by atoms with Crippen LogP contribution in [0.5, 0.6) is 0 Å². The van der Waals surface area contributed by atoms with E-state index in [2.05, 4.69) is 4.98 Å². The van der Waals surface area contributed by atoms with Gasteiger partial charge in [0.05, 0.1) is 6.10 Å². The predicted molar refractivity (Wildman–Crippen MR) is 60.4 cm³/mol. The number of aryl methyl sites for hydroxylation is 1. The summed E-state index contributed by atoms with van der Waals surface area (Å²) in [4.78, 5) is 3.78. The molecule has 0 fully saturated rings. The molecule has 0 aliphatic heterocycles. The highest BCUT2D eigenvalue weighted by atomic mass is 32.2. The maximum atomic E-state index is 11.8. The van der Waals surface area contributed by atoms with E-state index in [1.54, 1.807) is 20.2 Å². The quantitative estimate of drug-likeness (QED) is 0.740. The van der Waals surface area contributed by atoms with Crippen LogP contribution in [0, 0.1) is 5.92 Å². The predicted octanol–water partition coefficient (Wildman–Crippen LogP) is 1.56. The molecule has 0 aliphatic rings. The molecule has 0 aromatic carbocycles. The molecule has 0 spiro atoms. The summed E-state index contributed by atoms with van der Waals surface area (Å²) in [6.07, 6.45) is 3.54. The van der Waals surface area contributed by atoms with Crippen molar-refractivity contribution in [3.8, 4) is 0 Å². The topological polar surface area (TPSA) is 61.2 Å². The Labute approximate surface area is 96.6 Å². The van der Waals surface area contributed by atoms with Gasteiger partial charge >= 0.3 is 10.1 Å². The van der Waals surface area contributed by atoms with Crippen molar-refractivity contribution in [1.82, 2.24) is 9.55 Å². The average molecular weight is 246 g/mol. The molecule has 0 N–H and O–H groups in total. The third-order valence-electron chi connectivity index (χ3n) is 2.72. The summed E-state index contributed by atoms with van der Waals surface area (Å²) in [7, 11) is -2.13. The lowest BCUT2D eigenvalue weighted by molar-refractivity contribution is 0.163. The molecule has 1 heterocycles. The number of nitrogens with zero attached hydrogens (tertiary/aromatic N) is 2. The van der Waals surface area contributed by atoms with E-state index in [9.17, 15) is 8.42 Å². The smallest absolute Gasteiger partial charge is 0.323 e. The van der Waals surface area contributed by atoms with Crippen molar-refractivity contribution in [3.63, 3.8) is 0 Å². The molecule has 16 heavy (non-hydrogen) atoms. The van der Waals surface area contributed by atoms with Crippen molar-refractivity contribution in [2.24, 2.45) is 13.0 Å². The Morgan fingerprint density at radius 2 is 2.12 bits per heavy atom. The van der Waals surface area contributed by atoms with E-state index in [4.69, 9.17) is 4.18 Å². The van der Waals surface area contributed by atoms with E-state index >= 15 is 0 Å².